The summed E-state index contributed by atoms with van der Waals surface area (Å²) in [6.45, 7) is 8.54. The predicted octanol–water partition coefficient (Wildman–Crippen LogP) is 5.14. The number of amides is 1. The van der Waals surface area contributed by atoms with Crippen molar-refractivity contribution in [3.8, 4) is 0 Å². The molecular formula is C17H19ClN2OS. The molecule has 3 nitrogen and oxygen atoms in total. The summed E-state index contributed by atoms with van der Waals surface area (Å²) in [5.41, 5.74) is 4.32. The Hall–Kier alpha value is -1.39. The lowest BCUT2D eigenvalue weighted by molar-refractivity contribution is 0.102. The van der Waals surface area contributed by atoms with Crippen molar-refractivity contribution in [1.29, 1.82) is 0 Å². The maximum atomic E-state index is 12.5. The van der Waals surface area contributed by atoms with Crippen molar-refractivity contribution in [2.24, 2.45) is 0 Å². The van der Waals surface area contributed by atoms with Crippen molar-refractivity contribution < 1.29 is 4.79 Å². The summed E-state index contributed by atoms with van der Waals surface area (Å²) in [5.74, 6) is 0.305. The van der Waals surface area contributed by atoms with Crippen molar-refractivity contribution >= 4 is 34.5 Å². The van der Waals surface area contributed by atoms with Crippen LogP contribution in [0.5, 0.6) is 0 Å². The third kappa shape index (κ3) is 2.55. The molecule has 2 aromatic rings. The summed E-state index contributed by atoms with van der Waals surface area (Å²) < 4.78 is 0.399. The number of anilines is 1. The summed E-state index contributed by atoms with van der Waals surface area (Å²) in [6.07, 6.45) is 1.10. The van der Waals surface area contributed by atoms with Crippen LogP contribution in [0.25, 0.3) is 0 Å². The molecule has 0 fully saturated rings. The molecule has 0 saturated carbocycles. The zero-order chi connectivity index (χ0) is 16.1. The fourth-order valence-electron chi connectivity index (χ4n) is 3.53. The number of fused-ring (bicyclic) bond motifs is 1. The Bertz CT molecular complexity index is 751. The van der Waals surface area contributed by atoms with Gasteiger partial charge in [-0.25, -0.2) is 4.98 Å². The second kappa shape index (κ2) is 5.36. The Morgan fingerprint density at radius 3 is 2.82 bits per heavy atom. The normalized spacial score (nSPS) is 19.0. The Morgan fingerprint density at radius 2 is 2.18 bits per heavy atom. The van der Waals surface area contributed by atoms with Gasteiger partial charge in [0.2, 0.25) is 0 Å². The van der Waals surface area contributed by atoms with E-state index in [1.165, 1.54) is 22.5 Å². The number of aryl methyl sites for hydroxylation is 1. The molecular weight excluding hydrogens is 316 g/mol. The van der Waals surface area contributed by atoms with Crippen LogP contribution in [0, 0.1) is 6.92 Å². The van der Waals surface area contributed by atoms with Gasteiger partial charge in [-0.1, -0.05) is 55.8 Å². The molecule has 116 valence electrons. The molecule has 1 unspecified atom stereocenters. The monoisotopic (exact) mass is 334 g/mol. The van der Waals surface area contributed by atoms with E-state index in [2.05, 4.69) is 37.1 Å². The van der Waals surface area contributed by atoms with E-state index in [4.69, 9.17) is 11.6 Å². The third-order valence-electron chi connectivity index (χ3n) is 4.37. The predicted molar refractivity (Wildman–Crippen MR) is 92.3 cm³/mol. The van der Waals surface area contributed by atoms with Gasteiger partial charge < -0.3 is 5.32 Å². The van der Waals surface area contributed by atoms with E-state index in [-0.39, 0.29) is 11.3 Å². The van der Waals surface area contributed by atoms with Gasteiger partial charge in [0.15, 0.2) is 4.47 Å². The van der Waals surface area contributed by atoms with Crippen LogP contribution in [0.4, 0.5) is 5.69 Å². The van der Waals surface area contributed by atoms with Crippen LogP contribution >= 0.6 is 22.9 Å². The summed E-state index contributed by atoms with van der Waals surface area (Å²) >= 11 is 7.11. The molecule has 1 amide bonds. The topological polar surface area (TPSA) is 42.0 Å². The fraction of sp³-hybridized carbons (Fsp3) is 0.412. The first-order chi connectivity index (χ1) is 10.3. The number of nitrogens with one attached hydrogen (secondary N) is 1. The van der Waals surface area contributed by atoms with Crippen molar-refractivity contribution in [1.82, 2.24) is 4.98 Å². The fourth-order valence-corrected chi connectivity index (χ4v) is 4.57. The number of carbonyl (C=O) groups is 1. The maximum absolute atomic E-state index is 12.5. The first-order valence-corrected chi connectivity index (χ1v) is 8.56. The average Bonchev–Trinajstić information content (AvgIpc) is 2.87. The Kier molecular flexibility index (Phi) is 3.77. The molecule has 0 spiro atoms. The molecule has 1 N–H and O–H groups in total. The van der Waals surface area contributed by atoms with Gasteiger partial charge in [-0.05, 0) is 41.9 Å². The minimum Gasteiger partial charge on any atom is -0.321 e. The highest BCUT2D eigenvalue weighted by Crippen LogP contribution is 2.48. The highest BCUT2D eigenvalue weighted by Gasteiger charge is 2.36. The van der Waals surface area contributed by atoms with Crippen molar-refractivity contribution in [3.05, 3.63) is 44.4 Å². The second-order valence-corrected chi connectivity index (χ2v) is 8.17. The number of rotatable bonds is 2. The zero-order valence-electron chi connectivity index (χ0n) is 13.2. The molecule has 0 aliphatic heterocycles. The smallest absolute Gasteiger partial charge is 0.267 e. The van der Waals surface area contributed by atoms with Crippen LogP contribution < -0.4 is 5.32 Å². The number of hydrogen-bond donors (Lipinski definition) is 1. The number of aromatic nitrogens is 1. The number of thiazole rings is 1. The summed E-state index contributed by atoms with van der Waals surface area (Å²) in [6, 6.07) is 6.16. The number of carbonyl (C=O) groups excluding carboxylic acids is 1. The maximum Gasteiger partial charge on any atom is 0.267 e. The van der Waals surface area contributed by atoms with Crippen molar-refractivity contribution in [2.45, 2.75) is 45.4 Å². The van der Waals surface area contributed by atoms with E-state index >= 15 is 0 Å². The van der Waals surface area contributed by atoms with Gasteiger partial charge in [-0.15, -0.1) is 0 Å². The molecule has 22 heavy (non-hydrogen) atoms. The molecule has 0 bridgehead atoms. The largest absolute Gasteiger partial charge is 0.321 e. The van der Waals surface area contributed by atoms with Gasteiger partial charge in [0, 0.05) is 5.69 Å². The van der Waals surface area contributed by atoms with E-state index in [0.717, 1.165) is 12.1 Å². The molecule has 1 atom stereocenters. The highest BCUT2D eigenvalue weighted by atomic mass is 35.5. The van der Waals surface area contributed by atoms with Gasteiger partial charge in [-0.2, -0.15) is 0 Å². The molecule has 1 heterocycles. The van der Waals surface area contributed by atoms with Gasteiger partial charge >= 0.3 is 0 Å². The third-order valence-corrected chi connectivity index (χ3v) is 5.63. The summed E-state index contributed by atoms with van der Waals surface area (Å²) in [7, 11) is 0. The minimum atomic E-state index is -0.132. The SMILES string of the molecule is Cc1nc(Cl)sc1C(=O)Nc1cccc2c1C(C)CC2(C)C. The lowest BCUT2D eigenvalue weighted by Gasteiger charge is -2.19. The molecule has 0 saturated heterocycles. The van der Waals surface area contributed by atoms with Gasteiger partial charge in [0.1, 0.15) is 4.88 Å². The Labute approximate surface area is 139 Å². The van der Waals surface area contributed by atoms with Gasteiger partial charge in [-0.3, -0.25) is 4.79 Å². The Morgan fingerprint density at radius 1 is 1.45 bits per heavy atom. The van der Waals surface area contributed by atoms with Crippen LogP contribution in [0.2, 0.25) is 4.47 Å². The van der Waals surface area contributed by atoms with E-state index in [1.807, 2.05) is 12.1 Å². The average molecular weight is 335 g/mol. The van der Waals surface area contributed by atoms with Crippen molar-refractivity contribution in [2.75, 3.05) is 5.32 Å². The lowest BCUT2D eigenvalue weighted by atomic mass is 9.86. The first-order valence-electron chi connectivity index (χ1n) is 7.37. The van der Waals surface area contributed by atoms with Crippen LogP contribution in [0.3, 0.4) is 0 Å². The molecule has 1 aromatic heterocycles. The number of hydrogen-bond acceptors (Lipinski definition) is 3. The molecule has 3 rings (SSSR count). The number of nitrogens with zero attached hydrogens (tertiary/aromatic N) is 1. The molecule has 0 radical (unpaired) electrons. The second-order valence-electron chi connectivity index (χ2n) is 6.59. The van der Waals surface area contributed by atoms with E-state index in [9.17, 15) is 4.79 Å². The van der Waals surface area contributed by atoms with Crippen molar-refractivity contribution in [3.63, 3.8) is 0 Å². The summed E-state index contributed by atoms with van der Waals surface area (Å²) in [5, 5.41) is 3.05. The van der Waals surface area contributed by atoms with Gasteiger partial charge in [0.25, 0.3) is 5.91 Å². The van der Waals surface area contributed by atoms with Crippen LogP contribution in [-0.4, -0.2) is 10.9 Å². The lowest BCUT2D eigenvalue weighted by Crippen LogP contribution is -2.14. The number of halogens is 1. The van der Waals surface area contributed by atoms with Crippen LogP contribution in [0.1, 0.15) is 59.6 Å². The molecule has 1 aromatic carbocycles. The van der Waals surface area contributed by atoms with Crippen LogP contribution in [-0.2, 0) is 5.41 Å². The summed E-state index contributed by atoms with van der Waals surface area (Å²) in [4.78, 5) is 17.2. The van der Waals surface area contributed by atoms with E-state index < -0.39 is 0 Å². The van der Waals surface area contributed by atoms with Crippen LogP contribution in [0.15, 0.2) is 18.2 Å². The zero-order valence-corrected chi connectivity index (χ0v) is 14.7. The molecule has 1 aliphatic carbocycles. The van der Waals surface area contributed by atoms with Gasteiger partial charge in [0.05, 0.1) is 5.69 Å². The quantitative estimate of drug-likeness (QED) is 0.826. The van der Waals surface area contributed by atoms with E-state index in [1.54, 1.807) is 6.92 Å². The molecule has 1 aliphatic rings. The molecule has 5 heteroatoms. The minimum absolute atomic E-state index is 0.132. The van der Waals surface area contributed by atoms with E-state index in [0.29, 0.717) is 21.0 Å². The standard InChI is InChI=1S/C17H19ClN2OS/c1-9-8-17(3,4)11-6-5-7-12(13(9)11)20-15(21)14-10(2)19-16(18)22-14/h5-7,9H,8H2,1-4H3,(H,20,21). The Balaban J connectivity index is 1.96. The highest BCUT2D eigenvalue weighted by molar-refractivity contribution is 7.17. The number of benzene rings is 1. The first kappa shape index (κ1) is 15.5.